The second-order valence-corrected chi connectivity index (χ2v) is 5.46. The van der Waals surface area contributed by atoms with Gasteiger partial charge in [-0.2, -0.15) is 13.2 Å². The smallest absolute Gasteiger partial charge is 0.416 e. The van der Waals surface area contributed by atoms with Crippen LogP contribution in [-0.2, 0) is 6.18 Å². The second-order valence-electron chi connectivity index (χ2n) is 4.62. The average molecular weight is 379 g/mol. The molecule has 0 atom stereocenters. The van der Waals surface area contributed by atoms with E-state index in [0.717, 1.165) is 0 Å². The van der Waals surface area contributed by atoms with E-state index in [2.05, 4.69) is 10.6 Å². The molecule has 0 aliphatic heterocycles. The van der Waals surface area contributed by atoms with Gasteiger partial charge in [0.2, 0.25) is 0 Å². The van der Waals surface area contributed by atoms with E-state index >= 15 is 0 Å². The van der Waals surface area contributed by atoms with Crippen LogP contribution in [0.15, 0.2) is 36.4 Å². The van der Waals surface area contributed by atoms with Gasteiger partial charge < -0.3 is 15.4 Å². The molecule has 2 aromatic carbocycles. The Morgan fingerprint density at radius 3 is 2.38 bits per heavy atom. The van der Waals surface area contributed by atoms with Gasteiger partial charge in [0.1, 0.15) is 11.6 Å². The molecular formula is C15H11ClF4N2OS. The van der Waals surface area contributed by atoms with Gasteiger partial charge in [0, 0.05) is 5.02 Å². The van der Waals surface area contributed by atoms with Crippen molar-refractivity contribution in [3.05, 3.63) is 52.8 Å². The van der Waals surface area contributed by atoms with Crippen LogP contribution in [0.1, 0.15) is 5.56 Å². The van der Waals surface area contributed by atoms with Gasteiger partial charge in [0.05, 0.1) is 24.0 Å². The maximum Gasteiger partial charge on any atom is 0.416 e. The average Bonchev–Trinajstić information content (AvgIpc) is 2.48. The van der Waals surface area contributed by atoms with Crippen molar-refractivity contribution < 1.29 is 22.3 Å². The summed E-state index contributed by atoms with van der Waals surface area (Å²) in [5.74, 6) is -0.460. The number of halogens is 5. The van der Waals surface area contributed by atoms with Gasteiger partial charge >= 0.3 is 6.18 Å². The summed E-state index contributed by atoms with van der Waals surface area (Å²) in [5.41, 5.74) is -1.01. The molecule has 3 nitrogen and oxygen atoms in total. The molecule has 0 heterocycles. The van der Waals surface area contributed by atoms with Crippen LogP contribution in [0.3, 0.4) is 0 Å². The van der Waals surface area contributed by atoms with Crippen LogP contribution in [0.4, 0.5) is 28.9 Å². The molecule has 0 aliphatic rings. The zero-order valence-corrected chi connectivity index (χ0v) is 13.7. The van der Waals surface area contributed by atoms with Crippen molar-refractivity contribution in [3.63, 3.8) is 0 Å². The zero-order valence-electron chi connectivity index (χ0n) is 12.2. The first-order valence-electron chi connectivity index (χ1n) is 6.49. The van der Waals surface area contributed by atoms with E-state index in [1.165, 1.54) is 13.2 Å². The number of methoxy groups -OCH3 is 1. The number of alkyl halides is 3. The van der Waals surface area contributed by atoms with Gasteiger partial charge in [-0.15, -0.1) is 0 Å². The van der Waals surface area contributed by atoms with Gasteiger partial charge in [-0.1, -0.05) is 11.6 Å². The Morgan fingerprint density at radius 1 is 1.08 bits per heavy atom. The lowest BCUT2D eigenvalue weighted by Gasteiger charge is -2.15. The van der Waals surface area contributed by atoms with E-state index in [1.54, 1.807) is 12.1 Å². The molecule has 2 N–H and O–H groups in total. The predicted molar refractivity (Wildman–Crippen MR) is 89.2 cm³/mol. The predicted octanol–water partition coefficient (Wildman–Crippen LogP) is 5.32. The molecule has 0 amide bonds. The van der Waals surface area contributed by atoms with Gasteiger partial charge in [-0.3, -0.25) is 0 Å². The standard InChI is InChI=1S/C15H11ClF4N2OS/c1-23-13-5-3-9(16)7-12(13)22-14(24)21-11-6-8(15(18,19)20)2-4-10(11)17/h2-7H,1H3,(H2,21,22,24). The molecular weight excluding hydrogens is 368 g/mol. The quantitative estimate of drug-likeness (QED) is 0.559. The topological polar surface area (TPSA) is 33.3 Å². The SMILES string of the molecule is COc1ccc(Cl)cc1NC(=S)Nc1cc(C(F)(F)F)ccc1F. The van der Waals surface area contributed by atoms with Crippen LogP contribution in [-0.4, -0.2) is 12.2 Å². The number of nitrogens with one attached hydrogen (secondary N) is 2. The van der Waals surface area contributed by atoms with Crippen molar-refractivity contribution >= 4 is 40.3 Å². The summed E-state index contributed by atoms with van der Waals surface area (Å²) in [6.07, 6.45) is -4.59. The minimum Gasteiger partial charge on any atom is -0.495 e. The van der Waals surface area contributed by atoms with Gasteiger partial charge in [-0.05, 0) is 48.6 Å². The van der Waals surface area contributed by atoms with Crippen molar-refractivity contribution in [1.29, 1.82) is 0 Å². The normalized spacial score (nSPS) is 11.1. The Morgan fingerprint density at radius 2 is 1.75 bits per heavy atom. The summed E-state index contributed by atoms with van der Waals surface area (Å²) in [6, 6.07) is 6.69. The minimum atomic E-state index is -4.59. The molecule has 0 unspecified atom stereocenters. The third-order valence-corrected chi connectivity index (χ3v) is 3.39. The summed E-state index contributed by atoms with van der Waals surface area (Å²) in [5, 5.41) is 5.37. The second kappa shape index (κ2) is 7.23. The van der Waals surface area contributed by atoms with Crippen molar-refractivity contribution in [2.75, 3.05) is 17.7 Å². The van der Waals surface area contributed by atoms with Crippen molar-refractivity contribution in [3.8, 4) is 5.75 Å². The Balaban J connectivity index is 2.20. The molecule has 0 aliphatic carbocycles. The summed E-state index contributed by atoms with van der Waals surface area (Å²) in [7, 11) is 1.43. The van der Waals surface area contributed by atoms with Gasteiger partial charge in [0.25, 0.3) is 0 Å². The van der Waals surface area contributed by atoms with Crippen LogP contribution >= 0.6 is 23.8 Å². The molecule has 0 saturated heterocycles. The van der Waals surface area contributed by atoms with Crippen LogP contribution in [0, 0.1) is 5.82 Å². The zero-order chi connectivity index (χ0) is 17.9. The fourth-order valence-corrected chi connectivity index (χ4v) is 2.24. The number of rotatable bonds is 3. The first-order chi connectivity index (χ1) is 11.2. The van der Waals surface area contributed by atoms with Crippen molar-refractivity contribution in [1.82, 2.24) is 0 Å². The largest absolute Gasteiger partial charge is 0.495 e. The number of ether oxygens (including phenoxy) is 1. The Bertz CT molecular complexity index is 768. The lowest BCUT2D eigenvalue weighted by molar-refractivity contribution is -0.137. The van der Waals surface area contributed by atoms with Gasteiger partial charge in [-0.25, -0.2) is 4.39 Å². The third kappa shape index (κ3) is 4.48. The summed E-state index contributed by atoms with van der Waals surface area (Å²) >= 11 is 10.9. The van der Waals surface area contributed by atoms with E-state index in [1.807, 2.05) is 0 Å². The van der Waals surface area contributed by atoms with Gasteiger partial charge in [0.15, 0.2) is 5.11 Å². The minimum absolute atomic E-state index is 0.117. The van der Waals surface area contributed by atoms with Crippen LogP contribution in [0.5, 0.6) is 5.75 Å². The number of hydrogen-bond donors (Lipinski definition) is 2. The third-order valence-electron chi connectivity index (χ3n) is 2.95. The maximum absolute atomic E-state index is 13.7. The maximum atomic E-state index is 13.7. The highest BCUT2D eigenvalue weighted by molar-refractivity contribution is 7.80. The molecule has 0 spiro atoms. The Kier molecular flexibility index (Phi) is 5.51. The highest BCUT2D eigenvalue weighted by atomic mass is 35.5. The molecule has 128 valence electrons. The lowest BCUT2D eigenvalue weighted by atomic mass is 10.2. The van der Waals surface area contributed by atoms with E-state index in [4.69, 9.17) is 28.6 Å². The summed E-state index contributed by atoms with van der Waals surface area (Å²) in [6.45, 7) is 0. The number of benzene rings is 2. The van der Waals surface area contributed by atoms with Crippen molar-refractivity contribution in [2.45, 2.75) is 6.18 Å². The molecule has 0 radical (unpaired) electrons. The van der Waals surface area contributed by atoms with Crippen LogP contribution in [0.25, 0.3) is 0 Å². The van der Waals surface area contributed by atoms with E-state index in [0.29, 0.717) is 34.7 Å². The molecule has 0 bridgehead atoms. The van der Waals surface area contributed by atoms with Crippen LogP contribution < -0.4 is 15.4 Å². The summed E-state index contributed by atoms with van der Waals surface area (Å²) < 4.78 is 56.9. The molecule has 0 fully saturated rings. The number of anilines is 2. The molecule has 2 rings (SSSR count). The fraction of sp³-hybridized carbons (Fsp3) is 0.133. The molecule has 9 heteroatoms. The molecule has 0 aromatic heterocycles. The number of thiocarbonyl (C=S) groups is 1. The molecule has 24 heavy (non-hydrogen) atoms. The molecule has 0 saturated carbocycles. The number of hydrogen-bond acceptors (Lipinski definition) is 2. The molecule has 2 aromatic rings. The lowest BCUT2D eigenvalue weighted by Crippen LogP contribution is -2.20. The van der Waals surface area contributed by atoms with E-state index < -0.39 is 23.2 Å². The van der Waals surface area contributed by atoms with E-state index in [-0.39, 0.29) is 5.11 Å². The highest BCUT2D eigenvalue weighted by Gasteiger charge is 2.31. The Hall–Kier alpha value is -2.06. The summed E-state index contributed by atoms with van der Waals surface area (Å²) in [4.78, 5) is 0. The van der Waals surface area contributed by atoms with Crippen LogP contribution in [0.2, 0.25) is 5.02 Å². The first-order valence-corrected chi connectivity index (χ1v) is 7.27. The van der Waals surface area contributed by atoms with E-state index in [9.17, 15) is 17.6 Å². The fourth-order valence-electron chi connectivity index (χ4n) is 1.85. The Labute approximate surface area is 145 Å². The monoisotopic (exact) mass is 378 g/mol. The first kappa shape index (κ1) is 18.3. The highest BCUT2D eigenvalue weighted by Crippen LogP contribution is 2.32. The van der Waals surface area contributed by atoms with Crippen molar-refractivity contribution in [2.24, 2.45) is 0 Å².